The van der Waals surface area contributed by atoms with Gasteiger partial charge in [0.15, 0.2) is 0 Å². The minimum atomic E-state index is -0.811. The van der Waals surface area contributed by atoms with Crippen LogP contribution in [-0.4, -0.2) is 36.6 Å². The molecule has 4 aliphatic rings. The molecule has 8 bridgehead atoms. The highest BCUT2D eigenvalue weighted by Crippen LogP contribution is 2.57. The maximum atomic E-state index is 7.01. The highest BCUT2D eigenvalue weighted by atomic mass is 16.7. The third-order valence-corrected chi connectivity index (χ3v) is 10.8. The molecular formula is C35H34B2O4. The molecule has 0 saturated carbocycles. The molecular weight excluding hydrogens is 506 g/mol. The second kappa shape index (κ2) is 8.02. The second-order valence-corrected chi connectivity index (χ2v) is 13.3. The molecule has 4 aromatic carbocycles. The van der Waals surface area contributed by atoms with E-state index >= 15 is 0 Å². The van der Waals surface area contributed by atoms with E-state index in [9.17, 15) is 0 Å². The molecule has 4 nitrogen and oxygen atoms in total. The van der Waals surface area contributed by atoms with Gasteiger partial charge in [0, 0.05) is 0 Å². The van der Waals surface area contributed by atoms with Crippen molar-refractivity contribution in [3.8, 4) is 11.1 Å². The molecule has 6 heteroatoms. The van der Waals surface area contributed by atoms with Crippen LogP contribution >= 0.6 is 0 Å². The van der Waals surface area contributed by atoms with E-state index in [1.54, 1.807) is 0 Å². The van der Waals surface area contributed by atoms with E-state index in [2.05, 4.69) is 139 Å². The van der Waals surface area contributed by atoms with Crippen LogP contribution in [0.1, 0.15) is 63.8 Å². The van der Waals surface area contributed by atoms with Gasteiger partial charge in [-0.15, -0.1) is 0 Å². The number of rotatable bonds is 0. The zero-order valence-electron chi connectivity index (χ0n) is 24.5. The number of fused-ring (bicyclic) bond motifs is 18. The first-order valence-electron chi connectivity index (χ1n) is 14.6. The van der Waals surface area contributed by atoms with Crippen LogP contribution in [0.5, 0.6) is 0 Å². The van der Waals surface area contributed by atoms with E-state index in [0.717, 1.165) is 10.9 Å². The van der Waals surface area contributed by atoms with Gasteiger partial charge in [-0.25, -0.2) is 0 Å². The van der Waals surface area contributed by atoms with E-state index in [0.29, 0.717) is 0 Å². The smallest absolute Gasteiger partial charge is 0.399 e. The van der Waals surface area contributed by atoms with Crippen molar-refractivity contribution in [3.63, 3.8) is 0 Å². The number of hydrogen-bond acceptors (Lipinski definition) is 4. The van der Waals surface area contributed by atoms with Gasteiger partial charge in [0.05, 0.1) is 16.6 Å². The lowest BCUT2D eigenvalue weighted by Gasteiger charge is -2.52. The van der Waals surface area contributed by atoms with E-state index in [1.165, 1.54) is 33.4 Å². The van der Waals surface area contributed by atoms with Crippen LogP contribution in [0, 0.1) is 0 Å². The highest BCUT2D eigenvalue weighted by Gasteiger charge is 2.72. The Morgan fingerprint density at radius 1 is 0.463 bits per heavy atom. The predicted molar refractivity (Wildman–Crippen MR) is 164 cm³/mol. The van der Waals surface area contributed by atoms with Gasteiger partial charge in [-0.1, -0.05) is 97.1 Å². The lowest BCUT2D eigenvalue weighted by Crippen LogP contribution is -2.68. The maximum Gasteiger partial charge on any atom is 0.494 e. The van der Waals surface area contributed by atoms with Crippen molar-refractivity contribution in [2.24, 2.45) is 0 Å². The Kier molecular flexibility index (Phi) is 5.00. The van der Waals surface area contributed by atoms with E-state index in [1.807, 2.05) is 0 Å². The van der Waals surface area contributed by atoms with Crippen molar-refractivity contribution in [1.29, 1.82) is 0 Å². The van der Waals surface area contributed by atoms with E-state index < -0.39 is 42.1 Å². The third-order valence-electron chi connectivity index (χ3n) is 10.8. The Labute approximate surface area is 243 Å². The van der Waals surface area contributed by atoms with Crippen molar-refractivity contribution in [2.45, 2.75) is 69.4 Å². The monoisotopic (exact) mass is 540 g/mol. The molecule has 2 fully saturated rings. The minimum absolute atomic E-state index is 0.540. The fourth-order valence-electron chi connectivity index (χ4n) is 8.03. The molecule has 4 aromatic rings. The molecule has 1 aliphatic carbocycles. The summed E-state index contributed by atoms with van der Waals surface area (Å²) >= 11 is 0. The molecule has 1 spiro atoms. The van der Waals surface area contributed by atoms with Gasteiger partial charge in [-0.3, -0.25) is 0 Å². The van der Waals surface area contributed by atoms with Gasteiger partial charge in [-0.2, -0.15) is 0 Å². The molecule has 2 atom stereocenters. The average molecular weight is 540 g/mol. The summed E-state index contributed by atoms with van der Waals surface area (Å²) in [4.78, 5) is 0. The average Bonchev–Trinajstić information content (AvgIpc) is 3.51. The Bertz CT molecular complexity index is 1600. The maximum absolute atomic E-state index is 7.01. The molecule has 3 heterocycles. The van der Waals surface area contributed by atoms with Crippen LogP contribution in [0.25, 0.3) is 11.1 Å². The highest BCUT2D eigenvalue weighted by molar-refractivity contribution is 6.63. The minimum Gasteiger partial charge on any atom is -0.399 e. The van der Waals surface area contributed by atoms with Gasteiger partial charge in [0.2, 0.25) is 0 Å². The van der Waals surface area contributed by atoms with Crippen molar-refractivity contribution in [2.75, 3.05) is 0 Å². The standard InChI is InChI=1S/C35H34B2O4/c1-31(2)33(5)34(6)32(3,4)39-37(41-34)26-16-12-14-24(22-26)35(23-13-11-15-25(21-23)36(38-31)40-33)29-19-9-7-17-27(29)28-18-8-10-20-30(28)35/h7-22H,1-6H3. The Morgan fingerprint density at radius 3 is 1.32 bits per heavy atom. The topological polar surface area (TPSA) is 36.9 Å². The first-order valence-corrected chi connectivity index (χ1v) is 14.6. The summed E-state index contributed by atoms with van der Waals surface area (Å²) in [5.74, 6) is 0. The first kappa shape index (κ1) is 25.6. The first-order chi connectivity index (χ1) is 19.5. The van der Waals surface area contributed by atoms with Crippen molar-refractivity contribution >= 4 is 25.2 Å². The lowest BCUT2D eigenvalue weighted by atomic mass is 9.64. The normalized spacial score (nSPS) is 27.6. The summed E-state index contributed by atoms with van der Waals surface area (Å²) in [5.41, 5.74) is 5.92. The fraction of sp³-hybridized carbons (Fsp3) is 0.314. The van der Waals surface area contributed by atoms with Gasteiger partial charge < -0.3 is 18.6 Å². The zero-order valence-corrected chi connectivity index (χ0v) is 24.5. The summed E-state index contributed by atoms with van der Waals surface area (Å²) in [7, 11) is -1.11. The van der Waals surface area contributed by atoms with Crippen LogP contribution in [0.4, 0.5) is 0 Å². The molecule has 204 valence electrons. The number of hydrogen-bond donors (Lipinski definition) is 0. The number of benzene rings is 4. The van der Waals surface area contributed by atoms with Crippen molar-refractivity contribution < 1.29 is 18.6 Å². The van der Waals surface area contributed by atoms with Gasteiger partial charge in [0.1, 0.15) is 11.2 Å². The largest absolute Gasteiger partial charge is 0.494 e. The van der Waals surface area contributed by atoms with Crippen LogP contribution in [0.3, 0.4) is 0 Å². The molecule has 0 radical (unpaired) electrons. The molecule has 41 heavy (non-hydrogen) atoms. The van der Waals surface area contributed by atoms with E-state index in [-0.39, 0.29) is 0 Å². The molecule has 0 amide bonds. The van der Waals surface area contributed by atoms with Crippen molar-refractivity contribution in [1.82, 2.24) is 0 Å². The van der Waals surface area contributed by atoms with Crippen LogP contribution in [0.2, 0.25) is 0 Å². The Balaban J connectivity index is 1.49. The molecule has 8 rings (SSSR count). The summed E-state index contributed by atoms with van der Waals surface area (Å²) < 4.78 is 27.6. The Morgan fingerprint density at radius 2 is 0.878 bits per heavy atom. The third kappa shape index (κ3) is 3.01. The summed E-state index contributed by atoms with van der Waals surface area (Å²) in [6, 6.07) is 35.2. The van der Waals surface area contributed by atoms with Gasteiger partial charge >= 0.3 is 14.2 Å². The lowest BCUT2D eigenvalue weighted by molar-refractivity contribution is -0.176. The van der Waals surface area contributed by atoms with E-state index in [4.69, 9.17) is 18.6 Å². The summed E-state index contributed by atoms with van der Waals surface area (Å²) in [6.07, 6.45) is 0. The summed E-state index contributed by atoms with van der Waals surface area (Å²) in [6.45, 7) is 12.6. The van der Waals surface area contributed by atoms with Gasteiger partial charge in [0.25, 0.3) is 0 Å². The SMILES string of the molecule is CC1(C)OB2OC1(C)C1(C)OB(OC1(C)C)c1cccc(c1)C1(c3cccc2c3)c2ccccc2-c2ccccc21. The fourth-order valence-corrected chi connectivity index (χ4v) is 8.03. The van der Waals surface area contributed by atoms with Crippen molar-refractivity contribution in [3.05, 3.63) is 119 Å². The van der Waals surface area contributed by atoms with Crippen LogP contribution in [-0.2, 0) is 24.0 Å². The molecule has 0 N–H and O–H groups in total. The van der Waals surface area contributed by atoms with Crippen LogP contribution < -0.4 is 10.9 Å². The molecule has 3 aliphatic heterocycles. The summed E-state index contributed by atoms with van der Waals surface area (Å²) in [5, 5.41) is 0. The molecule has 0 aromatic heterocycles. The molecule has 2 saturated heterocycles. The zero-order chi connectivity index (χ0) is 28.4. The van der Waals surface area contributed by atoms with Gasteiger partial charge in [-0.05, 0) is 85.8 Å². The molecule has 2 unspecified atom stereocenters. The quantitative estimate of drug-likeness (QED) is 0.239. The predicted octanol–water partition coefficient (Wildman–Crippen LogP) is 5.62. The van der Waals surface area contributed by atoms with Crippen LogP contribution in [0.15, 0.2) is 97.1 Å². The second-order valence-electron chi connectivity index (χ2n) is 13.3. The Hall–Kier alpha value is -3.15.